The summed E-state index contributed by atoms with van der Waals surface area (Å²) in [6.45, 7) is 2.79. The van der Waals surface area contributed by atoms with E-state index in [-0.39, 0.29) is 35.6 Å². The van der Waals surface area contributed by atoms with Crippen molar-refractivity contribution in [3.63, 3.8) is 0 Å². The predicted octanol–water partition coefficient (Wildman–Crippen LogP) is 3.17. The molecule has 4 rings (SSSR count). The average molecular weight is 383 g/mol. The number of rotatable bonds is 4. The Balaban J connectivity index is 1.65. The van der Waals surface area contributed by atoms with Crippen molar-refractivity contribution in [2.45, 2.75) is 70.4 Å². The molecule has 1 aromatic carbocycles. The molecule has 28 heavy (non-hydrogen) atoms. The first-order chi connectivity index (χ1) is 13.6. The van der Waals surface area contributed by atoms with Gasteiger partial charge in [-0.3, -0.25) is 19.3 Å². The van der Waals surface area contributed by atoms with Crippen molar-refractivity contribution in [2.24, 2.45) is 11.8 Å². The molecule has 5 heteroatoms. The summed E-state index contributed by atoms with van der Waals surface area (Å²) in [7, 11) is 0. The maximum Gasteiger partial charge on any atom is 0.246 e. The van der Waals surface area contributed by atoms with Crippen molar-refractivity contribution < 1.29 is 14.4 Å². The molecule has 0 radical (unpaired) electrons. The molecule has 150 valence electrons. The van der Waals surface area contributed by atoms with Gasteiger partial charge in [0.15, 0.2) is 0 Å². The minimum atomic E-state index is -0.714. The molecule has 0 bridgehead atoms. The highest BCUT2D eigenvalue weighted by atomic mass is 16.2. The van der Waals surface area contributed by atoms with E-state index in [0.717, 1.165) is 50.5 Å². The first-order valence-corrected chi connectivity index (χ1v) is 10.8. The molecule has 3 amide bonds. The summed E-state index contributed by atoms with van der Waals surface area (Å²) in [4.78, 5) is 43.2. The minimum Gasteiger partial charge on any atom is -0.338 e. The van der Waals surface area contributed by atoms with Crippen molar-refractivity contribution in [2.75, 3.05) is 6.54 Å². The Hall–Kier alpha value is -2.17. The van der Waals surface area contributed by atoms with Crippen LogP contribution in [0.15, 0.2) is 30.3 Å². The van der Waals surface area contributed by atoms with Gasteiger partial charge in [-0.25, -0.2) is 0 Å². The standard InChI is InChI=1S/C23H30N2O3/c1-16-9-7-8-14-24(16)23(28)20(15-17-10-3-2-4-11-17)25-21(26)18-12-5-6-13-19(18)22(25)27/h2-4,10-11,16,18-20H,5-9,12-15H2,1H3/t16-,18-,19+,20+/m0/s1. The predicted molar refractivity (Wildman–Crippen MR) is 106 cm³/mol. The number of imide groups is 1. The monoisotopic (exact) mass is 382 g/mol. The molecule has 1 aromatic rings. The van der Waals surface area contributed by atoms with Crippen molar-refractivity contribution >= 4 is 17.7 Å². The molecule has 2 aliphatic heterocycles. The number of hydrogen-bond donors (Lipinski definition) is 0. The lowest BCUT2D eigenvalue weighted by molar-refractivity contribution is -0.153. The Morgan fingerprint density at radius 3 is 2.18 bits per heavy atom. The third-order valence-corrected chi connectivity index (χ3v) is 6.83. The number of benzene rings is 1. The van der Waals surface area contributed by atoms with Gasteiger partial charge in [0, 0.05) is 19.0 Å². The van der Waals surface area contributed by atoms with E-state index in [2.05, 4.69) is 6.92 Å². The molecule has 0 spiro atoms. The van der Waals surface area contributed by atoms with Crippen LogP contribution in [0.4, 0.5) is 0 Å². The molecule has 5 nitrogen and oxygen atoms in total. The summed E-state index contributed by atoms with van der Waals surface area (Å²) in [5.74, 6) is -0.726. The number of hydrogen-bond acceptors (Lipinski definition) is 3. The fourth-order valence-electron chi connectivity index (χ4n) is 5.24. The highest BCUT2D eigenvalue weighted by molar-refractivity contribution is 6.08. The van der Waals surface area contributed by atoms with E-state index < -0.39 is 6.04 Å². The quantitative estimate of drug-likeness (QED) is 0.752. The first-order valence-electron chi connectivity index (χ1n) is 10.8. The molecular weight excluding hydrogens is 352 g/mol. The third-order valence-electron chi connectivity index (χ3n) is 6.83. The van der Waals surface area contributed by atoms with E-state index in [1.165, 1.54) is 4.90 Å². The third kappa shape index (κ3) is 3.47. The summed E-state index contributed by atoms with van der Waals surface area (Å²) in [5, 5.41) is 0. The van der Waals surface area contributed by atoms with Crippen LogP contribution in [0.2, 0.25) is 0 Å². The fourth-order valence-corrected chi connectivity index (χ4v) is 5.24. The summed E-state index contributed by atoms with van der Waals surface area (Å²) in [6, 6.07) is 9.20. The van der Waals surface area contributed by atoms with Crippen molar-refractivity contribution in [1.29, 1.82) is 0 Å². The van der Waals surface area contributed by atoms with Gasteiger partial charge in [-0.05, 0) is 44.6 Å². The van der Waals surface area contributed by atoms with Crippen molar-refractivity contribution in [3.05, 3.63) is 35.9 Å². The maximum atomic E-state index is 13.6. The first kappa shape index (κ1) is 19.2. The van der Waals surface area contributed by atoms with Crippen LogP contribution in [-0.2, 0) is 20.8 Å². The van der Waals surface area contributed by atoms with E-state index >= 15 is 0 Å². The molecule has 0 unspecified atom stereocenters. The van der Waals surface area contributed by atoms with Crippen LogP contribution in [0.3, 0.4) is 0 Å². The Morgan fingerprint density at radius 1 is 0.964 bits per heavy atom. The summed E-state index contributed by atoms with van der Waals surface area (Å²) in [5.41, 5.74) is 0.987. The van der Waals surface area contributed by atoms with Gasteiger partial charge in [0.2, 0.25) is 17.7 Å². The molecule has 0 N–H and O–H groups in total. The zero-order chi connectivity index (χ0) is 19.7. The number of amides is 3. The lowest BCUT2D eigenvalue weighted by Gasteiger charge is -2.38. The Labute approximate surface area is 167 Å². The maximum absolute atomic E-state index is 13.6. The summed E-state index contributed by atoms with van der Waals surface area (Å²) >= 11 is 0. The second-order valence-electron chi connectivity index (χ2n) is 8.63. The van der Waals surface area contributed by atoms with Crippen LogP contribution < -0.4 is 0 Å². The molecule has 2 heterocycles. The number of carbonyl (C=O) groups excluding carboxylic acids is 3. The number of fused-ring (bicyclic) bond motifs is 1. The number of carbonyl (C=O) groups is 3. The summed E-state index contributed by atoms with van der Waals surface area (Å²) < 4.78 is 0. The average Bonchev–Trinajstić information content (AvgIpc) is 2.98. The Kier molecular flexibility index (Phi) is 5.51. The molecule has 1 saturated carbocycles. The fraction of sp³-hybridized carbons (Fsp3) is 0.609. The highest BCUT2D eigenvalue weighted by Crippen LogP contribution is 2.39. The van der Waals surface area contributed by atoms with Crippen LogP contribution in [-0.4, -0.2) is 46.1 Å². The zero-order valence-corrected chi connectivity index (χ0v) is 16.7. The number of piperidine rings is 1. The van der Waals surface area contributed by atoms with Gasteiger partial charge >= 0.3 is 0 Å². The summed E-state index contributed by atoms with van der Waals surface area (Å²) in [6.07, 6.45) is 7.04. The van der Waals surface area contributed by atoms with Gasteiger partial charge in [0.05, 0.1) is 11.8 Å². The van der Waals surface area contributed by atoms with E-state index in [1.807, 2.05) is 35.2 Å². The van der Waals surface area contributed by atoms with Gasteiger partial charge < -0.3 is 4.90 Å². The van der Waals surface area contributed by atoms with Crippen molar-refractivity contribution in [1.82, 2.24) is 9.80 Å². The van der Waals surface area contributed by atoms with E-state index in [0.29, 0.717) is 13.0 Å². The van der Waals surface area contributed by atoms with Crippen molar-refractivity contribution in [3.8, 4) is 0 Å². The van der Waals surface area contributed by atoms with E-state index in [4.69, 9.17) is 0 Å². The molecule has 0 aromatic heterocycles. The molecular formula is C23H30N2O3. The van der Waals surface area contributed by atoms with Gasteiger partial charge in [0.25, 0.3) is 0 Å². The Morgan fingerprint density at radius 2 is 1.57 bits per heavy atom. The van der Waals surface area contributed by atoms with Crippen LogP contribution in [0.5, 0.6) is 0 Å². The normalized spacial score (nSPS) is 29.0. The second kappa shape index (κ2) is 8.06. The van der Waals surface area contributed by atoms with Gasteiger partial charge in [-0.1, -0.05) is 43.2 Å². The minimum absolute atomic E-state index is 0.0589. The SMILES string of the molecule is C[C@H]1CCCCN1C(=O)[C@@H](Cc1ccccc1)N1C(=O)[C@H]2CCCC[C@H]2C1=O. The Bertz CT molecular complexity index is 723. The van der Waals surface area contributed by atoms with Gasteiger partial charge in [0.1, 0.15) is 6.04 Å². The topological polar surface area (TPSA) is 57.7 Å². The smallest absolute Gasteiger partial charge is 0.246 e. The van der Waals surface area contributed by atoms with Gasteiger partial charge in [-0.2, -0.15) is 0 Å². The van der Waals surface area contributed by atoms with Gasteiger partial charge in [-0.15, -0.1) is 0 Å². The number of likely N-dealkylation sites (tertiary alicyclic amines) is 2. The van der Waals surface area contributed by atoms with E-state index in [9.17, 15) is 14.4 Å². The molecule has 3 aliphatic rings. The van der Waals surface area contributed by atoms with E-state index in [1.54, 1.807) is 0 Å². The second-order valence-corrected chi connectivity index (χ2v) is 8.63. The molecule has 3 fully saturated rings. The van der Waals surface area contributed by atoms with Crippen LogP contribution >= 0.6 is 0 Å². The lowest BCUT2D eigenvalue weighted by Crippen LogP contribution is -2.55. The largest absolute Gasteiger partial charge is 0.338 e. The zero-order valence-electron chi connectivity index (χ0n) is 16.7. The molecule has 4 atom stereocenters. The highest BCUT2D eigenvalue weighted by Gasteiger charge is 2.52. The van der Waals surface area contributed by atoms with Crippen LogP contribution in [0.1, 0.15) is 57.4 Å². The van der Waals surface area contributed by atoms with Crippen LogP contribution in [0, 0.1) is 11.8 Å². The number of nitrogens with zero attached hydrogens (tertiary/aromatic N) is 2. The lowest BCUT2D eigenvalue weighted by atomic mass is 9.81. The molecule has 2 saturated heterocycles. The van der Waals surface area contributed by atoms with Crippen LogP contribution in [0.25, 0.3) is 0 Å². The molecule has 1 aliphatic carbocycles.